The fourth-order valence-corrected chi connectivity index (χ4v) is 2.27. The number of aryl methyl sites for hydroxylation is 1. The van der Waals surface area contributed by atoms with E-state index in [0.29, 0.717) is 18.2 Å². The van der Waals surface area contributed by atoms with Crippen LogP contribution in [0.1, 0.15) is 18.4 Å². The van der Waals surface area contributed by atoms with Crippen LogP contribution in [-0.2, 0) is 16.0 Å². The fraction of sp³-hybridized carbons (Fsp3) is 0.700. The molecule has 2 heterocycles. The van der Waals surface area contributed by atoms with Gasteiger partial charge < -0.3 is 15.4 Å². The van der Waals surface area contributed by atoms with Crippen molar-refractivity contribution in [1.29, 1.82) is 0 Å². The molecule has 102 valence electrons. The van der Waals surface area contributed by atoms with Crippen LogP contribution in [-0.4, -0.2) is 41.9 Å². The summed E-state index contributed by atoms with van der Waals surface area (Å²) in [6.07, 6.45) is 1.15. The topological polar surface area (TPSA) is 76.1 Å². The molecule has 1 amide bonds. The van der Waals surface area contributed by atoms with E-state index in [1.54, 1.807) is 0 Å². The maximum Gasteiger partial charge on any atom is 0.228 e. The molecule has 1 aromatic rings. The van der Waals surface area contributed by atoms with Gasteiger partial charge in [-0.1, -0.05) is 18.3 Å². The van der Waals surface area contributed by atoms with Crippen LogP contribution < -0.4 is 10.6 Å². The molecule has 1 aromatic heterocycles. The van der Waals surface area contributed by atoms with Gasteiger partial charge in [0.1, 0.15) is 5.01 Å². The third-order valence-corrected chi connectivity index (χ3v) is 3.42. The number of carbonyl (C=O) groups is 1. The number of halogens is 1. The first-order valence-corrected chi connectivity index (χ1v) is 6.54. The zero-order chi connectivity index (χ0) is 12.1. The van der Waals surface area contributed by atoms with E-state index in [0.717, 1.165) is 24.5 Å². The number of ether oxygens (including phenoxy) is 1. The van der Waals surface area contributed by atoms with E-state index in [1.807, 2.05) is 6.92 Å². The third-order valence-electron chi connectivity index (χ3n) is 2.43. The highest BCUT2D eigenvalue weighted by molar-refractivity contribution is 7.15. The molecule has 1 saturated heterocycles. The number of morpholine rings is 1. The lowest BCUT2D eigenvalue weighted by Crippen LogP contribution is -2.40. The standard InChI is InChI=1S/C10H16N4O2S.ClH/c1-2-9-13-14-10(17-9)12-8(15)5-7-6-11-3-4-16-7;/h7,11H,2-6H2,1H3,(H,12,14,15);1H. The van der Waals surface area contributed by atoms with Crippen LogP contribution in [0.5, 0.6) is 0 Å². The second-order valence-electron chi connectivity index (χ2n) is 3.80. The zero-order valence-corrected chi connectivity index (χ0v) is 11.8. The van der Waals surface area contributed by atoms with E-state index in [4.69, 9.17) is 4.74 Å². The Hall–Kier alpha value is -0.760. The molecule has 2 N–H and O–H groups in total. The Kier molecular flexibility index (Phi) is 6.48. The number of carbonyl (C=O) groups excluding carboxylic acids is 1. The maximum atomic E-state index is 11.7. The predicted octanol–water partition coefficient (Wildman–Crippen LogP) is 0.839. The van der Waals surface area contributed by atoms with Gasteiger partial charge in [0.15, 0.2) is 0 Å². The molecule has 0 saturated carbocycles. The number of nitrogens with zero attached hydrogens (tertiary/aromatic N) is 2. The number of nitrogens with one attached hydrogen (secondary N) is 2. The Balaban J connectivity index is 0.00000162. The predicted molar refractivity (Wildman–Crippen MR) is 72.4 cm³/mol. The van der Waals surface area contributed by atoms with Crippen LogP contribution in [0.15, 0.2) is 0 Å². The normalized spacial score (nSPS) is 19.1. The summed E-state index contributed by atoms with van der Waals surface area (Å²) in [5.74, 6) is -0.0718. The summed E-state index contributed by atoms with van der Waals surface area (Å²) in [5.41, 5.74) is 0. The number of hydrogen-bond donors (Lipinski definition) is 2. The second kappa shape index (κ2) is 7.63. The average Bonchev–Trinajstić information content (AvgIpc) is 2.78. The number of amides is 1. The van der Waals surface area contributed by atoms with Gasteiger partial charge in [0.05, 0.1) is 19.1 Å². The minimum absolute atomic E-state index is 0. The first kappa shape index (κ1) is 15.3. The Labute approximate surface area is 116 Å². The van der Waals surface area contributed by atoms with Gasteiger partial charge in [0, 0.05) is 13.1 Å². The van der Waals surface area contributed by atoms with Crippen LogP contribution in [0.4, 0.5) is 5.13 Å². The van der Waals surface area contributed by atoms with Crippen LogP contribution in [0.3, 0.4) is 0 Å². The SMILES string of the molecule is CCc1nnc(NC(=O)CC2CNCCO2)s1.Cl. The van der Waals surface area contributed by atoms with Gasteiger partial charge in [-0.15, -0.1) is 22.6 Å². The zero-order valence-electron chi connectivity index (χ0n) is 10.1. The molecule has 0 aromatic carbocycles. The third kappa shape index (κ3) is 4.49. The van der Waals surface area contributed by atoms with Crippen LogP contribution in [0, 0.1) is 0 Å². The van der Waals surface area contributed by atoms with Crippen LogP contribution in [0.25, 0.3) is 0 Å². The molecular weight excluding hydrogens is 276 g/mol. The molecule has 1 aliphatic rings. The first-order valence-electron chi connectivity index (χ1n) is 5.72. The van der Waals surface area contributed by atoms with E-state index in [-0.39, 0.29) is 24.4 Å². The molecule has 0 bridgehead atoms. The summed E-state index contributed by atoms with van der Waals surface area (Å²) in [6.45, 7) is 4.25. The number of anilines is 1. The van der Waals surface area contributed by atoms with Crippen molar-refractivity contribution in [2.45, 2.75) is 25.9 Å². The Morgan fingerprint density at radius 1 is 1.61 bits per heavy atom. The first-order chi connectivity index (χ1) is 8.28. The molecule has 0 radical (unpaired) electrons. The van der Waals surface area contributed by atoms with Gasteiger partial charge in [0.25, 0.3) is 0 Å². The molecule has 1 unspecified atom stereocenters. The summed E-state index contributed by atoms with van der Waals surface area (Å²) in [6, 6.07) is 0. The molecule has 8 heteroatoms. The smallest absolute Gasteiger partial charge is 0.228 e. The number of rotatable bonds is 4. The summed E-state index contributed by atoms with van der Waals surface area (Å²) in [5, 5.41) is 15.3. The van der Waals surface area contributed by atoms with Gasteiger partial charge in [-0.2, -0.15) is 0 Å². The van der Waals surface area contributed by atoms with Crippen LogP contribution >= 0.6 is 23.7 Å². The van der Waals surface area contributed by atoms with Gasteiger partial charge in [-0.25, -0.2) is 0 Å². The Morgan fingerprint density at radius 2 is 2.44 bits per heavy atom. The molecule has 6 nitrogen and oxygen atoms in total. The van der Waals surface area contributed by atoms with Gasteiger partial charge in [-0.05, 0) is 6.42 Å². The van der Waals surface area contributed by atoms with E-state index in [2.05, 4.69) is 20.8 Å². The van der Waals surface area contributed by atoms with Crippen molar-refractivity contribution in [2.24, 2.45) is 0 Å². The van der Waals surface area contributed by atoms with Crippen molar-refractivity contribution in [3.8, 4) is 0 Å². The molecular formula is C10H17ClN4O2S. The van der Waals surface area contributed by atoms with Crippen molar-refractivity contribution < 1.29 is 9.53 Å². The molecule has 1 atom stereocenters. The molecule has 1 fully saturated rings. The van der Waals surface area contributed by atoms with E-state index >= 15 is 0 Å². The summed E-state index contributed by atoms with van der Waals surface area (Å²) in [4.78, 5) is 11.7. The Morgan fingerprint density at radius 3 is 3.06 bits per heavy atom. The minimum atomic E-state index is -0.0718. The highest BCUT2D eigenvalue weighted by atomic mass is 35.5. The largest absolute Gasteiger partial charge is 0.375 e. The lowest BCUT2D eigenvalue weighted by molar-refractivity contribution is -0.119. The van der Waals surface area contributed by atoms with Gasteiger partial charge >= 0.3 is 0 Å². The maximum absolute atomic E-state index is 11.7. The summed E-state index contributed by atoms with van der Waals surface area (Å²) < 4.78 is 5.46. The van der Waals surface area contributed by atoms with Crippen molar-refractivity contribution in [3.63, 3.8) is 0 Å². The number of aromatic nitrogens is 2. The van der Waals surface area contributed by atoms with E-state index < -0.39 is 0 Å². The summed E-state index contributed by atoms with van der Waals surface area (Å²) >= 11 is 1.41. The fourth-order valence-electron chi connectivity index (χ4n) is 1.57. The molecule has 1 aliphatic heterocycles. The monoisotopic (exact) mass is 292 g/mol. The van der Waals surface area contributed by atoms with Crippen molar-refractivity contribution in [1.82, 2.24) is 15.5 Å². The van der Waals surface area contributed by atoms with E-state index in [1.165, 1.54) is 11.3 Å². The van der Waals surface area contributed by atoms with Crippen molar-refractivity contribution >= 4 is 34.8 Å². The molecule has 18 heavy (non-hydrogen) atoms. The van der Waals surface area contributed by atoms with Gasteiger partial charge in [-0.3, -0.25) is 4.79 Å². The summed E-state index contributed by atoms with van der Waals surface area (Å²) in [7, 11) is 0. The van der Waals surface area contributed by atoms with Crippen molar-refractivity contribution in [3.05, 3.63) is 5.01 Å². The quantitative estimate of drug-likeness (QED) is 0.860. The number of hydrogen-bond acceptors (Lipinski definition) is 6. The average molecular weight is 293 g/mol. The second-order valence-corrected chi connectivity index (χ2v) is 4.87. The highest BCUT2D eigenvalue weighted by Gasteiger charge is 2.18. The minimum Gasteiger partial charge on any atom is -0.375 e. The molecule has 0 aliphatic carbocycles. The van der Waals surface area contributed by atoms with Crippen LogP contribution in [0.2, 0.25) is 0 Å². The molecule has 2 rings (SSSR count). The lowest BCUT2D eigenvalue weighted by Gasteiger charge is -2.22. The molecule has 0 spiro atoms. The highest BCUT2D eigenvalue weighted by Crippen LogP contribution is 2.16. The van der Waals surface area contributed by atoms with E-state index in [9.17, 15) is 4.79 Å². The Bertz CT molecular complexity index is 382. The lowest BCUT2D eigenvalue weighted by atomic mass is 10.2. The van der Waals surface area contributed by atoms with Crippen molar-refractivity contribution in [2.75, 3.05) is 25.0 Å². The van der Waals surface area contributed by atoms with Gasteiger partial charge in [0.2, 0.25) is 11.0 Å².